The van der Waals surface area contributed by atoms with Crippen molar-refractivity contribution in [3.8, 4) is 0 Å². The summed E-state index contributed by atoms with van der Waals surface area (Å²) in [7, 11) is 0. The van der Waals surface area contributed by atoms with Crippen molar-refractivity contribution >= 4 is 55.4 Å². The molecule has 0 aliphatic carbocycles. The maximum Gasteiger partial charge on any atom is 0.229 e. The molecular formula is C29H34N6OS. The van der Waals surface area contributed by atoms with E-state index in [0.29, 0.717) is 6.54 Å². The Bertz CT molecular complexity index is 1460. The number of amides is 1. The van der Waals surface area contributed by atoms with Gasteiger partial charge in [-0.05, 0) is 82.1 Å². The summed E-state index contributed by atoms with van der Waals surface area (Å²) in [5, 5.41) is 4.62. The van der Waals surface area contributed by atoms with Gasteiger partial charge in [-0.3, -0.25) is 4.79 Å². The van der Waals surface area contributed by atoms with Crippen molar-refractivity contribution in [1.29, 1.82) is 0 Å². The van der Waals surface area contributed by atoms with E-state index in [1.807, 2.05) is 28.7 Å². The Balaban J connectivity index is 1.16. The van der Waals surface area contributed by atoms with Crippen molar-refractivity contribution in [2.45, 2.75) is 39.5 Å². The lowest BCUT2D eigenvalue weighted by molar-refractivity contribution is -0.141. The minimum Gasteiger partial charge on any atom is -0.355 e. The fourth-order valence-electron chi connectivity index (χ4n) is 5.67. The maximum atomic E-state index is 13.4. The topological polar surface area (TPSA) is 77.2 Å². The molecule has 6 rings (SSSR count). The molecule has 192 valence electrons. The zero-order valence-corrected chi connectivity index (χ0v) is 22.4. The second kappa shape index (κ2) is 9.91. The van der Waals surface area contributed by atoms with Crippen LogP contribution in [0.25, 0.3) is 26.8 Å². The van der Waals surface area contributed by atoms with Crippen LogP contribution in [-0.4, -0.2) is 63.4 Å². The highest BCUT2D eigenvalue weighted by Gasteiger charge is 2.34. The first-order valence-electron chi connectivity index (χ1n) is 13.3. The molecule has 0 saturated carbocycles. The van der Waals surface area contributed by atoms with Gasteiger partial charge in [0.1, 0.15) is 5.65 Å². The Labute approximate surface area is 221 Å². The minimum atomic E-state index is -0.365. The number of H-pyrrole nitrogens is 1. The number of pyridine rings is 1. The third-order valence-electron chi connectivity index (χ3n) is 7.63. The van der Waals surface area contributed by atoms with Gasteiger partial charge in [0.2, 0.25) is 5.91 Å². The molecule has 0 radical (unpaired) electrons. The van der Waals surface area contributed by atoms with Crippen molar-refractivity contribution in [1.82, 2.24) is 24.8 Å². The monoisotopic (exact) mass is 514 g/mol. The zero-order chi connectivity index (χ0) is 25.4. The highest BCUT2D eigenvalue weighted by molar-refractivity contribution is 7.16. The van der Waals surface area contributed by atoms with E-state index in [9.17, 15) is 4.79 Å². The standard InChI is InChI=1S/C29H34N6OS/c1-29(2,18-34-12-4-3-5-13-34)28(36)35-14-9-20(10-15-35)25-17-22-23(8-11-30-27(22)33-25)32-21-6-7-24-26(16-21)37-19-31-24/h6-9,11,16-17,19H,3-5,10,12-15,18H2,1-2H3,(H2,30,32,33). The first-order valence-corrected chi connectivity index (χ1v) is 14.1. The Hall–Kier alpha value is -3.23. The molecule has 7 nitrogen and oxygen atoms in total. The van der Waals surface area contributed by atoms with Gasteiger partial charge in [-0.15, -0.1) is 11.3 Å². The number of thiazole rings is 1. The highest BCUT2D eigenvalue weighted by atomic mass is 32.1. The molecule has 37 heavy (non-hydrogen) atoms. The van der Waals surface area contributed by atoms with E-state index >= 15 is 0 Å². The quantitative estimate of drug-likeness (QED) is 0.328. The average Bonchev–Trinajstić information content (AvgIpc) is 3.56. The molecule has 0 unspecified atom stereocenters. The van der Waals surface area contributed by atoms with Crippen molar-refractivity contribution in [2.75, 3.05) is 38.0 Å². The highest BCUT2D eigenvalue weighted by Crippen LogP contribution is 2.32. The van der Waals surface area contributed by atoms with Crippen LogP contribution in [0, 0.1) is 5.41 Å². The third-order valence-corrected chi connectivity index (χ3v) is 8.42. The number of hydrogen-bond acceptors (Lipinski definition) is 6. The molecule has 1 saturated heterocycles. The van der Waals surface area contributed by atoms with E-state index in [4.69, 9.17) is 0 Å². The summed E-state index contributed by atoms with van der Waals surface area (Å²) in [6.45, 7) is 8.69. The molecule has 1 aromatic carbocycles. The van der Waals surface area contributed by atoms with E-state index in [2.05, 4.69) is 63.3 Å². The SMILES string of the molecule is CC(C)(CN1CCCCC1)C(=O)N1CC=C(c2cc3c(Nc4ccc5ncsc5c4)ccnc3[nH]2)CC1. The number of piperidine rings is 1. The van der Waals surface area contributed by atoms with Gasteiger partial charge in [-0.2, -0.15) is 0 Å². The van der Waals surface area contributed by atoms with Crippen molar-refractivity contribution in [3.05, 3.63) is 53.8 Å². The van der Waals surface area contributed by atoms with Crippen LogP contribution in [0.15, 0.2) is 48.1 Å². The van der Waals surface area contributed by atoms with Crippen LogP contribution < -0.4 is 5.32 Å². The number of likely N-dealkylation sites (tertiary alicyclic amines) is 1. The van der Waals surface area contributed by atoms with E-state index in [0.717, 1.165) is 70.9 Å². The summed E-state index contributed by atoms with van der Waals surface area (Å²) in [4.78, 5) is 30.3. The van der Waals surface area contributed by atoms with Gasteiger partial charge in [-0.1, -0.05) is 12.5 Å². The molecule has 5 heterocycles. The number of hydrogen-bond donors (Lipinski definition) is 2. The number of benzene rings is 1. The molecule has 0 atom stereocenters. The lowest BCUT2D eigenvalue weighted by Crippen LogP contribution is -2.49. The number of fused-ring (bicyclic) bond motifs is 2. The van der Waals surface area contributed by atoms with E-state index in [1.54, 1.807) is 11.3 Å². The van der Waals surface area contributed by atoms with Gasteiger partial charge in [-0.25, -0.2) is 9.97 Å². The van der Waals surface area contributed by atoms with E-state index in [-0.39, 0.29) is 11.3 Å². The van der Waals surface area contributed by atoms with Crippen LogP contribution in [0.4, 0.5) is 11.4 Å². The summed E-state index contributed by atoms with van der Waals surface area (Å²) in [5.74, 6) is 0.260. The molecule has 2 aliphatic rings. The number of anilines is 2. The van der Waals surface area contributed by atoms with E-state index in [1.165, 1.54) is 24.8 Å². The minimum absolute atomic E-state index is 0.260. The number of rotatable bonds is 6. The average molecular weight is 515 g/mol. The van der Waals surface area contributed by atoms with Gasteiger partial charge in [0.25, 0.3) is 0 Å². The molecule has 1 fully saturated rings. The molecule has 2 aliphatic heterocycles. The van der Waals surface area contributed by atoms with Gasteiger partial charge >= 0.3 is 0 Å². The first-order chi connectivity index (χ1) is 18.0. The molecule has 2 N–H and O–H groups in total. The maximum absolute atomic E-state index is 13.4. The summed E-state index contributed by atoms with van der Waals surface area (Å²) in [6.07, 6.45) is 8.68. The van der Waals surface area contributed by atoms with E-state index < -0.39 is 0 Å². The second-order valence-electron chi connectivity index (χ2n) is 10.9. The zero-order valence-electron chi connectivity index (χ0n) is 21.6. The van der Waals surface area contributed by atoms with Gasteiger partial charge in [0, 0.05) is 42.6 Å². The number of carbonyl (C=O) groups excluding carboxylic acids is 1. The molecule has 0 bridgehead atoms. The Morgan fingerprint density at radius 1 is 1.11 bits per heavy atom. The van der Waals surface area contributed by atoms with Crippen molar-refractivity contribution < 1.29 is 4.79 Å². The first kappa shape index (κ1) is 24.1. The fourth-order valence-corrected chi connectivity index (χ4v) is 6.38. The largest absolute Gasteiger partial charge is 0.355 e. The van der Waals surface area contributed by atoms with Crippen molar-refractivity contribution in [2.24, 2.45) is 5.41 Å². The van der Waals surface area contributed by atoms with Crippen LogP contribution in [0.2, 0.25) is 0 Å². The number of aromatic amines is 1. The predicted molar refractivity (Wildman–Crippen MR) is 152 cm³/mol. The summed E-state index contributed by atoms with van der Waals surface area (Å²) >= 11 is 1.64. The Morgan fingerprint density at radius 2 is 1.97 bits per heavy atom. The molecule has 0 spiro atoms. The predicted octanol–water partition coefficient (Wildman–Crippen LogP) is 6.04. The normalized spacial score (nSPS) is 17.4. The molecular weight excluding hydrogens is 480 g/mol. The fraction of sp³-hybridized carbons (Fsp3) is 0.414. The molecule has 1 amide bonds. The molecule has 3 aromatic heterocycles. The van der Waals surface area contributed by atoms with Crippen LogP contribution in [0.3, 0.4) is 0 Å². The summed E-state index contributed by atoms with van der Waals surface area (Å²) < 4.78 is 1.16. The Kier molecular flexibility index (Phi) is 6.46. The number of nitrogens with one attached hydrogen (secondary N) is 2. The van der Waals surface area contributed by atoms with Gasteiger partial charge in [0.05, 0.1) is 26.8 Å². The van der Waals surface area contributed by atoms with Crippen LogP contribution in [0.1, 0.15) is 45.2 Å². The third kappa shape index (κ3) is 5.00. The van der Waals surface area contributed by atoms with Crippen molar-refractivity contribution in [3.63, 3.8) is 0 Å². The second-order valence-corrected chi connectivity index (χ2v) is 11.8. The number of nitrogens with zero attached hydrogens (tertiary/aromatic N) is 4. The number of aromatic nitrogens is 3. The summed E-state index contributed by atoms with van der Waals surface area (Å²) in [6, 6.07) is 10.4. The smallest absolute Gasteiger partial charge is 0.229 e. The van der Waals surface area contributed by atoms with Crippen LogP contribution >= 0.6 is 11.3 Å². The summed E-state index contributed by atoms with van der Waals surface area (Å²) in [5.41, 5.74) is 7.76. The number of carbonyl (C=O) groups is 1. The molecule has 4 aromatic rings. The lowest BCUT2D eigenvalue weighted by atomic mass is 9.89. The Morgan fingerprint density at radius 3 is 2.78 bits per heavy atom. The molecule has 8 heteroatoms. The van der Waals surface area contributed by atoms with Gasteiger partial charge in [0.15, 0.2) is 0 Å². The van der Waals surface area contributed by atoms with Crippen LogP contribution in [-0.2, 0) is 4.79 Å². The van der Waals surface area contributed by atoms with Gasteiger partial charge < -0.3 is 20.1 Å². The lowest BCUT2D eigenvalue weighted by Gasteiger charge is -2.38. The van der Waals surface area contributed by atoms with Crippen LogP contribution in [0.5, 0.6) is 0 Å².